The molecule has 0 saturated carbocycles. The number of ether oxygens (including phenoxy) is 1. The highest BCUT2D eigenvalue weighted by Crippen LogP contribution is 2.26. The molecule has 118 valence electrons. The van der Waals surface area contributed by atoms with Gasteiger partial charge in [-0.3, -0.25) is 5.43 Å². The molecule has 0 amide bonds. The van der Waals surface area contributed by atoms with E-state index in [9.17, 15) is 0 Å². The first-order valence-corrected chi connectivity index (χ1v) is 8.45. The Kier molecular flexibility index (Phi) is 4.94. The largest absolute Gasteiger partial charge is 0.378 e. The molecule has 3 nitrogen and oxygen atoms in total. The third-order valence-corrected chi connectivity index (χ3v) is 4.47. The zero-order chi connectivity index (χ0) is 15.4. The first kappa shape index (κ1) is 15.3. The SMILES string of the molecule is CC1=CC=C2CCC(=C1)C(/C1=C/CC(C)OCCCC1)=NN2. The Morgan fingerprint density at radius 1 is 1.14 bits per heavy atom. The van der Waals surface area contributed by atoms with Crippen molar-refractivity contribution in [3.63, 3.8) is 0 Å². The summed E-state index contributed by atoms with van der Waals surface area (Å²) in [6.07, 6.45) is 15.7. The second-order valence-electron chi connectivity index (χ2n) is 6.45. The number of hydrogen-bond donors (Lipinski definition) is 1. The third-order valence-electron chi connectivity index (χ3n) is 4.47. The minimum Gasteiger partial charge on any atom is -0.378 e. The van der Waals surface area contributed by atoms with Crippen LogP contribution < -0.4 is 5.43 Å². The van der Waals surface area contributed by atoms with Gasteiger partial charge in [-0.15, -0.1) is 0 Å². The van der Waals surface area contributed by atoms with E-state index in [1.165, 1.54) is 28.8 Å². The average Bonchev–Trinajstić information content (AvgIpc) is 2.56. The molecular formula is C19H26N2O. The van der Waals surface area contributed by atoms with Gasteiger partial charge in [0.1, 0.15) is 0 Å². The summed E-state index contributed by atoms with van der Waals surface area (Å²) >= 11 is 0. The van der Waals surface area contributed by atoms with Crippen molar-refractivity contribution in [2.45, 2.75) is 58.5 Å². The molecule has 1 unspecified atom stereocenters. The van der Waals surface area contributed by atoms with E-state index in [0.717, 1.165) is 44.4 Å². The number of allylic oxidation sites excluding steroid dienone is 7. The first-order chi connectivity index (χ1) is 10.7. The van der Waals surface area contributed by atoms with Gasteiger partial charge in [0.25, 0.3) is 0 Å². The first-order valence-electron chi connectivity index (χ1n) is 8.45. The fourth-order valence-corrected chi connectivity index (χ4v) is 3.13. The van der Waals surface area contributed by atoms with Gasteiger partial charge < -0.3 is 4.74 Å². The van der Waals surface area contributed by atoms with Crippen molar-refractivity contribution in [1.29, 1.82) is 0 Å². The Morgan fingerprint density at radius 3 is 2.95 bits per heavy atom. The molecule has 22 heavy (non-hydrogen) atoms. The molecule has 3 heteroatoms. The molecule has 0 fully saturated rings. The lowest BCUT2D eigenvalue weighted by Crippen LogP contribution is -2.11. The van der Waals surface area contributed by atoms with Crippen molar-refractivity contribution >= 4 is 5.71 Å². The predicted molar refractivity (Wildman–Crippen MR) is 91.7 cm³/mol. The second kappa shape index (κ2) is 7.10. The summed E-state index contributed by atoms with van der Waals surface area (Å²) in [5.74, 6) is 0. The predicted octanol–water partition coefficient (Wildman–Crippen LogP) is 4.40. The van der Waals surface area contributed by atoms with Crippen molar-refractivity contribution < 1.29 is 4.74 Å². The van der Waals surface area contributed by atoms with Crippen molar-refractivity contribution in [2.75, 3.05) is 6.61 Å². The van der Waals surface area contributed by atoms with Gasteiger partial charge in [-0.25, -0.2) is 0 Å². The fraction of sp³-hybridized carbons (Fsp3) is 0.526. The van der Waals surface area contributed by atoms with E-state index < -0.39 is 0 Å². The lowest BCUT2D eigenvalue weighted by Gasteiger charge is -2.13. The van der Waals surface area contributed by atoms with Crippen molar-refractivity contribution in [3.05, 3.63) is 46.7 Å². The van der Waals surface area contributed by atoms with Crippen LogP contribution in [0.1, 0.15) is 52.4 Å². The molecule has 2 aliphatic heterocycles. The molecule has 1 atom stereocenters. The number of rotatable bonds is 1. The Bertz CT molecular complexity index is 578. The monoisotopic (exact) mass is 298 g/mol. The molecule has 3 aliphatic rings. The molecule has 0 aromatic carbocycles. The molecular weight excluding hydrogens is 272 g/mol. The van der Waals surface area contributed by atoms with Crippen LogP contribution in [0.4, 0.5) is 0 Å². The van der Waals surface area contributed by atoms with E-state index >= 15 is 0 Å². The van der Waals surface area contributed by atoms with E-state index in [0.29, 0.717) is 6.10 Å². The zero-order valence-corrected chi connectivity index (χ0v) is 13.7. The van der Waals surface area contributed by atoms with Crippen LogP contribution in [0.15, 0.2) is 51.8 Å². The van der Waals surface area contributed by atoms with Crippen molar-refractivity contribution in [1.82, 2.24) is 5.43 Å². The highest BCUT2D eigenvalue weighted by Gasteiger charge is 2.19. The number of hydrazone groups is 1. The van der Waals surface area contributed by atoms with Gasteiger partial charge in [0, 0.05) is 12.3 Å². The van der Waals surface area contributed by atoms with Gasteiger partial charge in [-0.1, -0.05) is 23.8 Å². The number of fused-ring (bicyclic) bond motifs is 3. The van der Waals surface area contributed by atoms with Crippen LogP contribution in [0.5, 0.6) is 0 Å². The zero-order valence-electron chi connectivity index (χ0n) is 13.7. The van der Waals surface area contributed by atoms with Crippen molar-refractivity contribution in [3.8, 4) is 0 Å². The minimum atomic E-state index is 0.299. The van der Waals surface area contributed by atoms with Gasteiger partial charge in [0.2, 0.25) is 0 Å². The molecule has 0 aromatic heterocycles. The van der Waals surface area contributed by atoms with E-state index in [2.05, 4.69) is 43.6 Å². The van der Waals surface area contributed by atoms with Crippen LogP contribution in [0.2, 0.25) is 0 Å². The van der Waals surface area contributed by atoms with Gasteiger partial charge in [-0.05, 0) is 69.6 Å². The Morgan fingerprint density at radius 2 is 2.05 bits per heavy atom. The van der Waals surface area contributed by atoms with Gasteiger partial charge in [0.15, 0.2) is 0 Å². The third kappa shape index (κ3) is 3.77. The summed E-state index contributed by atoms with van der Waals surface area (Å²) in [5.41, 5.74) is 9.68. The highest BCUT2D eigenvalue weighted by molar-refractivity contribution is 6.12. The molecule has 0 radical (unpaired) electrons. The summed E-state index contributed by atoms with van der Waals surface area (Å²) in [5, 5.41) is 4.74. The number of nitrogens with zero attached hydrogens (tertiary/aromatic N) is 1. The van der Waals surface area contributed by atoms with Crippen LogP contribution in [0.3, 0.4) is 0 Å². The maximum absolute atomic E-state index is 5.81. The number of nitrogens with one attached hydrogen (secondary N) is 1. The summed E-state index contributed by atoms with van der Waals surface area (Å²) in [7, 11) is 0. The molecule has 1 aliphatic carbocycles. The lowest BCUT2D eigenvalue weighted by molar-refractivity contribution is 0.0667. The quantitative estimate of drug-likeness (QED) is 0.778. The number of hydrogen-bond acceptors (Lipinski definition) is 3. The molecule has 3 rings (SSSR count). The summed E-state index contributed by atoms with van der Waals surface area (Å²) in [6.45, 7) is 5.20. The van der Waals surface area contributed by atoms with Crippen molar-refractivity contribution in [2.24, 2.45) is 5.10 Å². The lowest BCUT2D eigenvalue weighted by atomic mass is 9.92. The van der Waals surface area contributed by atoms with Gasteiger partial charge in [-0.2, -0.15) is 5.10 Å². The molecule has 0 spiro atoms. The molecule has 2 bridgehead atoms. The summed E-state index contributed by atoms with van der Waals surface area (Å²) in [6, 6.07) is 0. The average molecular weight is 298 g/mol. The maximum atomic E-state index is 5.81. The summed E-state index contributed by atoms with van der Waals surface area (Å²) < 4.78 is 5.81. The highest BCUT2D eigenvalue weighted by atomic mass is 16.5. The Labute approximate surface area is 133 Å². The van der Waals surface area contributed by atoms with Crippen LogP contribution in [0.25, 0.3) is 0 Å². The van der Waals surface area contributed by atoms with E-state index in [4.69, 9.17) is 9.84 Å². The minimum absolute atomic E-state index is 0.299. The second-order valence-corrected chi connectivity index (χ2v) is 6.45. The van der Waals surface area contributed by atoms with Crippen LogP contribution in [0, 0.1) is 0 Å². The Hall–Kier alpha value is -1.61. The standard InChI is InChI=1S/C19H26N2O/c1-14-6-10-18-11-9-17(13-14)19(21-20-18)16-5-3-4-12-22-15(2)7-8-16/h6,8,10,13,15,20H,3-5,7,9,11-12H2,1-2H3/b14-6?,16-8+,17-13?,18-10?. The maximum Gasteiger partial charge on any atom is 0.0894 e. The van der Waals surface area contributed by atoms with Crippen LogP contribution in [-0.4, -0.2) is 18.4 Å². The molecule has 0 saturated heterocycles. The molecule has 1 N–H and O–H groups in total. The topological polar surface area (TPSA) is 33.6 Å². The Balaban J connectivity index is 1.93. The smallest absolute Gasteiger partial charge is 0.0894 e. The van der Waals surface area contributed by atoms with Gasteiger partial charge >= 0.3 is 0 Å². The van der Waals surface area contributed by atoms with E-state index in [-0.39, 0.29) is 0 Å². The normalized spacial score (nSPS) is 28.8. The van der Waals surface area contributed by atoms with E-state index in [1.54, 1.807) is 0 Å². The van der Waals surface area contributed by atoms with Crippen LogP contribution in [-0.2, 0) is 4.74 Å². The van der Waals surface area contributed by atoms with Gasteiger partial charge in [0.05, 0.1) is 11.8 Å². The summed E-state index contributed by atoms with van der Waals surface area (Å²) in [4.78, 5) is 0. The van der Waals surface area contributed by atoms with E-state index in [1.807, 2.05) is 0 Å². The fourth-order valence-electron chi connectivity index (χ4n) is 3.13. The molecule has 0 aromatic rings. The molecule has 2 heterocycles. The van der Waals surface area contributed by atoms with Crippen LogP contribution >= 0.6 is 0 Å².